The van der Waals surface area contributed by atoms with E-state index >= 15 is 0 Å². The van der Waals surface area contributed by atoms with Gasteiger partial charge in [-0.2, -0.15) is 4.98 Å². The second-order valence-electron chi connectivity index (χ2n) is 8.50. The Labute approximate surface area is 232 Å². The summed E-state index contributed by atoms with van der Waals surface area (Å²) < 4.78 is 62.8. The molecule has 0 spiro atoms. The van der Waals surface area contributed by atoms with Crippen molar-refractivity contribution in [2.24, 2.45) is 0 Å². The van der Waals surface area contributed by atoms with Crippen LogP contribution in [0.5, 0.6) is 23.0 Å². The molecule has 0 radical (unpaired) electrons. The molecule has 1 aliphatic rings. The highest BCUT2D eigenvalue weighted by atomic mass is 32.5. The van der Waals surface area contributed by atoms with Crippen molar-refractivity contribution in [2.45, 2.75) is 30.5 Å². The number of aromatic nitrogens is 2. The highest BCUT2D eigenvalue weighted by Crippen LogP contribution is 2.52. The van der Waals surface area contributed by atoms with Crippen LogP contribution in [-0.4, -0.2) is 64.8 Å². The smallest absolute Gasteiger partial charge is 0.435 e. The number of aliphatic hydroxyl groups is 2. The molecule has 12 nitrogen and oxygen atoms in total. The van der Waals surface area contributed by atoms with Crippen LogP contribution in [0.25, 0.3) is 0 Å². The van der Waals surface area contributed by atoms with Crippen molar-refractivity contribution in [3.8, 4) is 23.0 Å². The number of benzene rings is 2. The van der Waals surface area contributed by atoms with E-state index in [-0.39, 0.29) is 17.3 Å². The average Bonchev–Trinajstić information content (AvgIpc) is 3.19. The number of nitrogens with zero attached hydrogens (tertiary/aromatic N) is 2. The fourth-order valence-corrected chi connectivity index (χ4v) is 5.73. The SMILES string of the molecule is COc1ccc(OP(=S)(OC[C@@]2(C(F)F)O[C@@H](n3ccc(N)nc3=O)[C@H](O)[C@H]2O)Oc2ccc(OC)cc2)cc1. The van der Waals surface area contributed by atoms with Gasteiger partial charge >= 0.3 is 12.4 Å². The normalized spacial score (nSPS) is 22.7. The molecule has 0 unspecified atom stereocenters. The van der Waals surface area contributed by atoms with Crippen LogP contribution in [0.1, 0.15) is 6.23 Å². The summed E-state index contributed by atoms with van der Waals surface area (Å²) in [6.07, 6.45) is -8.24. The molecule has 0 saturated carbocycles. The van der Waals surface area contributed by atoms with Crippen LogP contribution in [0.3, 0.4) is 0 Å². The largest absolute Gasteiger partial charge is 0.497 e. The third kappa shape index (κ3) is 6.19. The van der Waals surface area contributed by atoms with Crippen LogP contribution < -0.4 is 29.9 Å². The molecule has 1 saturated heterocycles. The van der Waals surface area contributed by atoms with Crippen LogP contribution >= 0.6 is 6.72 Å². The van der Waals surface area contributed by atoms with Crippen molar-refractivity contribution in [3.63, 3.8) is 0 Å². The first kappa shape index (κ1) is 29.6. The van der Waals surface area contributed by atoms with E-state index in [1.54, 1.807) is 24.3 Å². The van der Waals surface area contributed by atoms with Crippen LogP contribution in [0.15, 0.2) is 65.6 Å². The van der Waals surface area contributed by atoms with E-state index in [9.17, 15) is 23.8 Å². The number of hydrogen-bond acceptors (Lipinski definition) is 12. The van der Waals surface area contributed by atoms with E-state index in [1.165, 1.54) is 44.6 Å². The fourth-order valence-electron chi connectivity index (χ4n) is 3.80. The molecule has 2 heterocycles. The second kappa shape index (κ2) is 12.0. The molecular weight excluding hydrogens is 575 g/mol. The van der Waals surface area contributed by atoms with Gasteiger partial charge in [-0.05, 0) is 54.6 Å². The number of alkyl halides is 2. The lowest BCUT2D eigenvalue weighted by Gasteiger charge is -2.33. The molecule has 4 rings (SSSR count). The summed E-state index contributed by atoms with van der Waals surface area (Å²) in [6.45, 7) is -5.03. The van der Waals surface area contributed by atoms with Crippen LogP contribution in [0.4, 0.5) is 14.6 Å². The summed E-state index contributed by atoms with van der Waals surface area (Å²) in [5.41, 5.74) is 1.66. The first-order valence-corrected chi connectivity index (χ1v) is 14.1. The minimum absolute atomic E-state index is 0.134. The number of nitrogen functional groups attached to an aromatic ring is 1. The predicted molar refractivity (Wildman–Crippen MR) is 141 cm³/mol. The topological polar surface area (TPSA) is 157 Å². The third-order valence-corrected chi connectivity index (χ3v) is 8.03. The van der Waals surface area contributed by atoms with Gasteiger partial charge in [0.05, 0.1) is 20.8 Å². The maximum absolute atomic E-state index is 14.5. The Kier molecular flexibility index (Phi) is 8.93. The second-order valence-corrected chi connectivity index (χ2v) is 11.4. The number of halogens is 2. The number of rotatable bonds is 11. The molecule has 3 aromatic rings. The quantitative estimate of drug-likeness (QED) is 0.277. The molecule has 16 heteroatoms. The van der Waals surface area contributed by atoms with Gasteiger partial charge < -0.3 is 39.2 Å². The van der Waals surface area contributed by atoms with Crippen molar-refractivity contribution < 1.29 is 46.8 Å². The van der Waals surface area contributed by atoms with Gasteiger partial charge in [0.15, 0.2) is 11.8 Å². The number of methoxy groups -OCH3 is 2. The molecule has 2 aromatic carbocycles. The predicted octanol–water partition coefficient (Wildman–Crippen LogP) is 2.50. The monoisotopic (exact) mass is 601 g/mol. The zero-order valence-corrected chi connectivity index (χ0v) is 22.8. The molecule has 1 fully saturated rings. The molecule has 216 valence electrons. The van der Waals surface area contributed by atoms with Crippen molar-refractivity contribution in [1.29, 1.82) is 0 Å². The lowest BCUT2D eigenvalue weighted by molar-refractivity contribution is -0.192. The van der Waals surface area contributed by atoms with Gasteiger partial charge in [-0.15, -0.1) is 0 Å². The van der Waals surface area contributed by atoms with Gasteiger partial charge in [0.1, 0.15) is 41.0 Å². The number of aliphatic hydroxyl groups excluding tert-OH is 2. The van der Waals surface area contributed by atoms with E-state index in [1.807, 2.05) is 0 Å². The third-order valence-electron chi connectivity index (χ3n) is 5.95. The first-order chi connectivity index (χ1) is 19.0. The lowest BCUT2D eigenvalue weighted by Crippen LogP contribution is -2.52. The number of nitrogens with two attached hydrogens (primary N) is 1. The number of hydrogen-bond donors (Lipinski definition) is 3. The molecule has 4 N–H and O–H groups in total. The van der Waals surface area contributed by atoms with E-state index in [4.69, 9.17) is 45.3 Å². The van der Waals surface area contributed by atoms with Gasteiger partial charge in [-0.1, -0.05) is 0 Å². The maximum atomic E-state index is 14.5. The number of ether oxygens (including phenoxy) is 3. The summed E-state index contributed by atoms with van der Waals surface area (Å²) >= 11 is 5.54. The minimum atomic E-state index is -3.95. The molecule has 0 aliphatic carbocycles. The van der Waals surface area contributed by atoms with Crippen LogP contribution in [-0.2, 0) is 21.1 Å². The van der Waals surface area contributed by atoms with Crippen molar-refractivity contribution in [3.05, 3.63) is 71.3 Å². The van der Waals surface area contributed by atoms with Gasteiger partial charge in [0.2, 0.25) is 0 Å². The Hall–Kier alpha value is -3.33. The van der Waals surface area contributed by atoms with Crippen molar-refractivity contribution >= 4 is 24.3 Å². The van der Waals surface area contributed by atoms with Gasteiger partial charge in [-0.25, -0.2) is 13.6 Å². The maximum Gasteiger partial charge on any atom is 0.435 e. The molecule has 1 aliphatic heterocycles. The molecule has 40 heavy (non-hydrogen) atoms. The van der Waals surface area contributed by atoms with Crippen molar-refractivity contribution in [2.75, 3.05) is 26.6 Å². The van der Waals surface area contributed by atoms with E-state index < -0.39 is 49.5 Å². The van der Waals surface area contributed by atoms with Gasteiger partial charge in [-0.3, -0.25) is 9.09 Å². The van der Waals surface area contributed by atoms with Gasteiger partial charge in [0.25, 0.3) is 6.43 Å². The van der Waals surface area contributed by atoms with Crippen LogP contribution in [0.2, 0.25) is 0 Å². The minimum Gasteiger partial charge on any atom is -0.497 e. The zero-order valence-electron chi connectivity index (χ0n) is 21.1. The molecule has 4 atom stereocenters. The Morgan fingerprint density at radius 2 is 1.52 bits per heavy atom. The fraction of sp³-hybridized carbons (Fsp3) is 0.333. The molecule has 1 aromatic heterocycles. The molecular formula is C24H26F2N3O9PS. The summed E-state index contributed by atoms with van der Waals surface area (Å²) in [5, 5.41) is 21.3. The Morgan fingerprint density at radius 1 is 1.02 bits per heavy atom. The first-order valence-electron chi connectivity index (χ1n) is 11.6. The van der Waals surface area contributed by atoms with E-state index in [2.05, 4.69) is 4.98 Å². The lowest BCUT2D eigenvalue weighted by atomic mass is 9.96. The Bertz CT molecular complexity index is 1360. The highest BCUT2D eigenvalue weighted by molar-refractivity contribution is 8.07. The molecule has 0 amide bonds. The Morgan fingerprint density at radius 3 is 1.98 bits per heavy atom. The summed E-state index contributed by atoms with van der Waals surface area (Å²) in [5.74, 6) is 1.25. The standard InChI is InChI=1S/C24H26F2N3O9PS/c1-33-14-3-7-16(8-4-14)37-39(40,38-17-9-5-15(34-2)6-10-17)35-13-24(22(25)26)20(31)19(30)21(36-24)29-12-11-18(27)28-23(29)32/h3-12,19-22,30-31H,13H2,1-2H3,(H2,27,28,32)/t19-,20-,21-,24-/m1/s1. The summed E-state index contributed by atoms with van der Waals surface area (Å²) in [4.78, 5) is 15.8. The van der Waals surface area contributed by atoms with Crippen LogP contribution in [0, 0.1) is 0 Å². The average molecular weight is 602 g/mol. The summed E-state index contributed by atoms with van der Waals surface area (Å²) in [7, 11) is 2.95. The highest BCUT2D eigenvalue weighted by Gasteiger charge is 2.61. The number of anilines is 1. The Balaban J connectivity index is 1.64. The van der Waals surface area contributed by atoms with E-state index in [0.29, 0.717) is 11.5 Å². The molecule has 0 bridgehead atoms. The zero-order chi connectivity index (χ0) is 29.1. The van der Waals surface area contributed by atoms with Crippen molar-refractivity contribution in [1.82, 2.24) is 9.55 Å². The van der Waals surface area contributed by atoms with E-state index in [0.717, 1.165) is 10.8 Å². The summed E-state index contributed by atoms with van der Waals surface area (Å²) in [6, 6.07) is 13.5. The van der Waals surface area contributed by atoms with Gasteiger partial charge in [0, 0.05) is 18.0 Å².